The fourth-order valence-corrected chi connectivity index (χ4v) is 4.36. The third-order valence-corrected chi connectivity index (χ3v) is 6.01. The standard InChI is InChI=1S/C22H26FN5O3/c23-15-7-9-16(10-8-15)28-22(24)17(14-25-28)21(31)18-4-1-13-27(18)20(30)6-3-12-26-11-2-5-19(26)29/h7-10,14,18H,1-6,11-13,24H2. The van der Waals surface area contributed by atoms with Gasteiger partial charge in [-0.15, -0.1) is 0 Å². The van der Waals surface area contributed by atoms with E-state index in [1.807, 2.05) is 0 Å². The maximum absolute atomic E-state index is 13.2. The molecular weight excluding hydrogens is 401 g/mol. The van der Waals surface area contributed by atoms with Crippen LogP contribution in [0.4, 0.5) is 10.2 Å². The van der Waals surface area contributed by atoms with Gasteiger partial charge in [-0.25, -0.2) is 9.07 Å². The van der Waals surface area contributed by atoms with Crippen LogP contribution in [0.1, 0.15) is 48.9 Å². The van der Waals surface area contributed by atoms with E-state index in [9.17, 15) is 18.8 Å². The highest BCUT2D eigenvalue weighted by molar-refractivity contribution is 6.05. The topological polar surface area (TPSA) is 102 Å². The van der Waals surface area contributed by atoms with Crippen LogP contribution in [-0.2, 0) is 9.59 Å². The smallest absolute Gasteiger partial charge is 0.223 e. The molecule has 164 valence electrons. The molecule has 31 heavy (non-hydrogen) atoms. The Morgan fingerprint density at radius 3 is 2.65 bits per heavy atom. The number of Topliss-reactive ketones (excluding diaryl/α,β-unsaturated/α-hetero) is 1. The van der Waals surface area contributed by atoms with Gasteiger partial charge in [-0.2, -0.15) is 5.10 Å². The number of rotatable bonds is 7. The molecule has 2 fully saturated rings. The van der Waals surface area contributed by atoms with E-state index in [2.05, 4.69) is 5.10 Å². The van der Waals surface area contributed by atoms with Crippen molar-refractivity contribution < 1.29 is 18.8 Å². The lowest BCUT2D eigenvalue weighted by atomic mass is 10.0. The summed E-state index contributed by atoms with van der Waals surface area (Å²) in [4.78, 5) is 41.1. The number of nitrogen functional groups attached to an aromatic ring is 1. The van der Waals surface area contributed by atoms with E-state index in [1.165, 1.54) is 35.1 Å². The molecule has 0 bridgehead atoms. The molecule has 1 aromatic carbocycles. The third-order valence-electron chi connectivity index (χ3n) is 6.01. The minimum absolute atomic E-state index is 0.0769. The predicted molar refractivity (Wildman–Crippen MR) is 112 cm³/mol. The summed E-state index contributed by atoms with van der Waals surface area (Å²) in [6, 6.07) is 5.09. The van der Waals surface area contributed by atoms with Crippen molar-refractivity contribution in [1.29, 1.82) is 0 Å². The molecule has 3 heterocycles. The first kappa shape index (κ1) is 21.0. The average molecular weight is 427 g/mol. The second-order valence-corrected chi connectivity index (χ2v) is 8.03. The number of anilines is 1. The van der Waals surface area contributed by atoms with Crippen molar-refractivity contribution in [3.05, 3.63) is 41.8 Å². The molecule has 2 aromatic rings. The molecule has 0 spiro atoms. The van der Waals surface area contributed by atoms with Crippen LogP contribution in [0.15, 0.2) is 30.5 Å². The SMILES string of the molecule is Nc1c(C(=O)C2CCCN2C(=O)CCCN2CCCC2=O)cnn1-c1ccc(F)cc1. The summed E-state index contributed by atoms with van der Waals surface area (Å²) in [5, 5.41) is 4.19. The monoisotopic (exact) mass is 427 g/mol. The first-order chi connectivity index (χ1) is 15.0. The molecule has 2 saturated heterocycles. The van der Waals surface area contributed by atoms with Crippen LogP contribution in [0.2, 0.25) is 0 Å². The van der Waals surface area contributed by atoms with Crippen molar-refractivity contribution in [1.82, 2.24) is 19.6 Å². The molecule has 2 aliphatic rings. The second-order valence-electron chi connectivity index (χ2n) is 8.03. The highest BCUT2D eigenvalue weighted by Crippen LogP contribution is 2.26. The second kappa shape index (κ2) is 8.87. The van der Waals surface area contributed by atoms with E-state index in [4.69, 9.17) is 5.73 Å². The van der Waals surface area contributed by atoms with Gasteiger partial charge in [0.25, 0.3) is 0 Å². The van der Waals surface area contributed by atoms with Gasteiger partial charge in [-0.3, -0.25) is 14.4 Å². The van der Waals surface area contributed by atoms with Crippen LogP contribution in [0.3, 0.4) is 0 Å². The zero-order chi connectivity index (χ0) is 22.0. The summed E-state index contributed by atoms with van der Waals surface area (Å²) < 4.78 is 14.6. The zero-order valence-corrected chi connectivity index (χ0v) is 17.3. The molecule has 1 aromatic heterocycles. The van der Waals surface area contributed by atoms with E-state index in [1.54, 1.807) is 9.80 Å². The van der Waals surface area contributed by atoms with Crippen LogP contribution in [-0.4, -0.2) is 62.9 Å². The Morgan fingerprint density at radius 2 is 1.94 bits per heavy atom. The molecule has 1 unspecified atom stereocenters. The van der Waals surface area contributed by atoms with Gasteiger partial charge < -0.3 is 15.5 Å². The van der Waals surface area contributed by atoms with Crippen molar-refractivity contribution in [3.8, 4) is 5.69 Å². The highest BCUT2D eigenvalue weighted by atomic mass is 19.1. The summed E-state index contributed by atoms with van der Waals surface area (Å²) in [6.45, 7) is 1.87. The third kappa shape index (κ3) is 4.30. The van der Waals surface area contributed by atoms with Crippen LogP contribution in [0, 0.1) is 5.82 Å². The summed E-state index contributed by atoms with van der Waals surface area (Å²) in [6.07, 6.45) is 5.09. The van der Waals surface area contributed by atoms with Gasteiger partial charge in [0, 0.05) is 32.5 Å². The van der Waals surface area contributed by atoms with Crippen LogP contribution in [0.25, 0.3) is 5.69 Å². The number of likely N-dealkylation sites (tertiary alicyclic amines) is 2. The molecule has 4 rings (SSSR count). The maximum atomic E-state index is 13.2. The molecule has 1 atom stereocenters. The molecule has 2 N–H and O–H groups in total. The minimum Gasteiger partial charge on any atom is -0.383 e. The number of hydrogen-bond acceptors (Lipinski definition) is 5. The van der Waals surface area contributed by atoms with Crippen molar-refractivity contribution in [3.63, 3.8) is 0 Å². The Morgan fingerprint density at radius 1 is 1.16 bits per heavy atom. The predicted octanol–water partition coefficient (Wildman–Crippen LogP) is 2.17. The minimum atomic E-state index is -0.561. The number of halogens is 1. The number of nitrogens with two attached hydrogens (primary N) is 1. The fraction of sp³-hybridized carbons (Fsp3) is 0.455. The Labute approximate surface area is 179 Å². The van der Waals surface area contributed by atoms with E-state index < -0.39 is 6.04 Å². The van der Waals surface area contributed by atoms with Crippen molar-refractivity contribution in [2.45, 2.75) is 44.6 Å². The van der Waals surface area contributed by atoms with Gasteiger partial charge in [0.2, 0.25) is 11.8 Å². The molecule has 0 saturated carbocycles. The highest BCUT2D eigenvalue weighted by Gasteiger charge is 2.36. The van der Waals surface area contributed by atoms with Gasteiger partial charge in [-0.1, -0.05) is 0 Å². The zero-order valence-electron chi connectivity index (χ0n) is 17.3. The number of aromatic nitrogens is 2. The number of carbonyl (C=O) groups excluding carboxylic acids is 3. The summed E-state index contributed by atoms with van der Waals surface area (Å²) >= 11 is 0. The maximum Gasteiger partial charge on any atom is 0.223 e. The van der Waals surface area contributed by atoms with Crippen LogP contribution >= 0.6 is 0 Å². The van der Waals surface area contributed by atoms with Crippen molar-refractivity contribution >= 4 is 23.4 Å². The van der Waals surface area contributed by atoms with Crippen molar-refractivity contribution in [2.75, 3.05) is 25.4 Å². The van der Waals surface area contributed by atoms with Gasteiger partial charge in [0.05, 0.1) is 23.5 Å². The van der Waals surface area contributed by atoms with Crippen LogP contribution < -0.4 is 5.73 Å². The number of carbonyl (C=O) groups is 3. The molecule has 2 aliphatic heterocycles. The van der Waals surface area contributed by atoms with E-state index in [-0.39, 0.29) is 34.8 Å². The lowest BCUT2D eigenvalue weighted by Gasteiger charge is -2.24. The Balaban J connectivity index is 1.41. The van der Waals surface area contributed by atoms with Gasteiger partial charge >= 0.3 is 0 Å². The molecule has 0 radical (unpaired) electrons. The van der Waals surface area contributed by atoms with E-state index >= 15 is 0 Å². The molecule has 9 heteroatoms. The number of amides is 2. The van der Waals surface area contributed by atoms with E-state index in [0.29, 0.717) is 44.5 Å². The average Bonchev–Trinajstić information content (AvgIpc) is 3.49. The number of hydrogen-bond donors (Lipinski definition) is 1. The lowest BCUT2D eigenvalue weighted by Crippen LogP contribution is -2.41. The Bertz CT molecular complexity index is 988. The molecule has 0 aliphatic carbocycles. The number of ketones is 1. The number of benzene rings is 1. The summed E-state index contributed by atoms with van der Waals surface area (Å²) in [7, 11) is 0. The van der Waals surface area contributed by atoms with Crippen LogP contribution in [0.5, 0.6) is 0 Å². The lowest BCUT2D eigenvalue weighted by molar-refractivity contribution is -0.132. The molecular formula is C22H26FN5O3. The first-order valence-corrected chi connectivity index (χ1v) is 10.7. The normalized spacial score (nSPS) is 18.7. The quantitative estimate of drug-likeness (QED) is 0.683. The Kier molecular flexibility index (Phi) is 6.01. The number of nitrogens with zero attached hydrogens (tertiary/aromatic N) is 4. The first-order valence-electron chi connectivity index (χ1n) is 10.7. The molecule has 8 nitrogen and oxygen atoms in total. The fourth-order valence-electron chi connectivity index (χ4n) is 4.36. The van der Waals surface area contributed by atoms with E-state index in [0.717, 1.165) is 19.4 Å². The molecule has 2 amide bonds. The largest absolute Gasteiger partial charge is 0.383 e. The summed E-state index contributed by atoms with van der Waals surface area (Å²) in [5.41, 5.74) is 6.98. The summed E-state index contributed by atoms with van der Waals surface area (Å²) in [5.74, 6) is -0.364. The van der Waals surface area contributed by atoms with Gasteiger partial charge in [0.15, 0.2) is 5.78 Å². The van der Waals surface area contributed by atoms with Crippen molar-refractivity contribution in [2.24, 2.45) is 0 Å². The van der Waals surface area contributed by atoms with Gasteiger partial charge in [0.1, 0.15) is 11.6 Å². The Hall–Kier alpha value is -3.23. The van der Waals surface area contributed by atoms with Gasteiger partial charge in [-0.05, 0) is 49.9 Å².